The summed E-state index contributed by atoms with van der Waals surface area (Å²) in [5, 5.41) is 0. The van der Waals surface area contributed by atoms with Crippen molar-refractivity contribution in [1.82, 2.24) is 4.90 Å². The maximum atomic E-state index is 13.0. The first-order valence-corrected chi connectivity index (χ1v) is 8.76. The number of benzene rings is 2. The first kappa shape index (κ1) is 17.3. The van der Waals surface area contributed by atoms with E-state index in [1.807, 2.05) is 30.0 Å². The van der Waals surface area contributed by atoms with E-state index < -0.39 is 0 Å². The SMILES string of the molecule is COc1cccc(C)c1C(=O)N1CCN(c2cc(C)ccc2C)CC1. The van der Waals surface area contributed by atoms with Gasteiger partial charge in [-0.25, -0.2) is 0 Å². The fraction of sp³-hybridized carbons (Fsp3) is 0.381. The zero-order valence-electron chi connectivity index (χ0n) is 15.5. The zero-order chi connectivity index (χ0) is 18.0. The third kappa shape index (κ3) is 3.48. The van der Waals surface area contributed by atoms with Gasteiger partial charge in [0.1, 0.15) is 5.75 Å². The average Bonchev–Trinajstić information content (AvgIpc) is 2.63. The minimum atomic E-state index is 0.0653. The number of piperazine rings is 1. The van der Waals surface area contributed by atoms with Crippen LogP contribution in [-0.4, -0.2) is 44.1 Å². The average molecular weight is 338 g/mol. The van der Waals surface area contributed by atoms with Crippen LogP contribution in [0, 0.1) is 20.8 Å². The highest BCUT2D eigenvalue weighted by atomic mass is 16.5. The molecule has 1 amide bonds. The lowest BCUT2D eigenvalue weighted by atomic mass is 10.1. The molecule has 0 radical (unpaired) electrons. The first-order valence-electron chi connectivity index (χ1n) is 8.76. The predicted molar refractivity (Wildman–Crippen MR) is 102 cm³/mol. The minimum Gasteiger partial charge on any atom is -0.496 e. The van der Waals surface area contributed by atoms with Crippen molar-refractivity contribution in [3.05, 3.63) is 58.7 Å². The normalized spacial score (nSPS) is 14.6. The van der Waals surface area contributed by atoms with E-state index in [9.17, 15) is 4.79 Å². The second-order valence-corrected chi connectivity index (χ2v) is 6.72. The number of nitrogens with zero attached hydrogens (tertiary/aromatic N) is 2. The van der Waals surface area contributed by atoms with Crippen LogP contribution in [0.4, 0.5) is 5.69 Å². The molecule has 0 saturated carbocycles. The number of methoxy groups -OCH3 is 1. The van der Waals surface area contributed by atoms with Gasteiger partial charge in [0.25, 0.3) is 5.91 Å². The quantitative estimate of drug-likeness (QED) is 0.857. The highest BCUT2D eigenvalue weighted by molar-refractivity contribution is 5.98. The third-order valence-electron chi connectivity index (χ3n) is 4.94. The summed E-state index contributed by atoms with van der Waals surface area (Å²) in [6, 6.07) is 12.3. The molecule has 4 heteroatoms. The summed E-state index contributed by atoms with van der Waals surface area (Å²) in [5.41, 5.74) is 5.47. The summed E-state index contributed by atoms with van der Waals surface area (Å²) in [6.07, 6.45) is 0. The molecule has 0 aliphatic carbocycles. The molecule has 0 bridgehead atoms. The van der Waals surface area contributed by atoms with Gasteiger partial charge in [0, 0.05) is 31.9 Å². The van der Waals surface area contributed by atoms with Crippen LogP contribution < -0.4 is 9.64 Å². The van der Waals surface area contributed by atoms with Gasteiger partial charge in [-0.05, 0) is 49.6 Å². The Morgan fingerprint density at radius 2 is 1.68 bits per heavy atom. The van der Waals surface area contributed by atoms with E-state index in [2.05, 4.69) is 36.9 Å². The van der Waals surface area contributed by atoms with Crippen LogP contribution in [0.15, 0.2) is 36.4 Å². The highest BCUT2D eigenvalue weighted by Crippen LogP contribution is 2.26. The number of carbonyl (C=O) groups excluding carboxylic acids is 1. The first-order chi connectivity index (χ1) is 12.0. The van der Waals surface area contributed by atoms with Crippen LogP contribution in [-0.2, 0) is 0 Å². The number of ether oxygens (including phenoxy) is 1. The Labute approximate surface area is 150 Å². The molecule has 1 aliphatic rings. The van der Waals surface area contributed by atoms with Gasteiger partial charge in [0.05, 0.1) is 12.7 Å². The van der Waals surface area contributed by atoms with Gasteiger partial charge in [-0.15, -0.1) is 0 Å². The topological polar surface area (TPSA) is 32.8 Å². The smallest absolute Gasteiger partial charge is 0.258 e. The molecular weight excluding hydrogens is 312 g/mol. The molecule has 1 fully saturated rings. The number of amides is 1. The molecule has 4 nitrogen and oxygen atoms in total. The molecule has 2 aromatic rings. The lowest BCUT2D eigenvalue weighted by molar-refractivity contribution is 0.0742. The maximum absolute atomic E-state index is 13.0. The molecule has 0 spiro atoms. The van der Waals surface area contributed by atoms with E-state index in [0.717, 1.165) is 31.7 Å². The van der Waals surface area contributed by atoms with Gasteiger partial charge in [-0.2, -0.15) is 0 Å². The van der Waals surface area contributed by atoms with Gasteiger partial charge >= 0.3 is 0 Å². The number of rotatable bonds is 3. The summed E-state index contributed by atoms with van der Waals surface area (Å²) < 4.78 is 5.40. The maximum Gasteiger partial charge on any atom is 0.258 e. The largest absolute Gasteiger partial charge is 0.496 e. The molecule has 1 heterocycles. The summed E-state index contributed by atoms with van der Waals surface area (Å²) in [5.74, 6) is 0.720. The van der Waals surface area contributed by atoms with E-state index >= 15 is 0 Å². The summed E-state index contributed by atoms with van der Waals surface area (Å²) >= 11 is 0. The number of carbonyl (C=O) groups is 1. The van der Waals surface area contributed by atoms with Crippen molar-refractivity contribution in [2.24, 2.45) is 0 Å². The van der Waals surface area contributed by atoms with E-state index in [-0.39, 0.29) is 5.91 Å². The van der Waals surface area contributed by atoms with Crippen molar-refractivity contribution in [3.63, 3.8) is 0 Å². The summed E-state index contributed by atoms with van der Waals surface area (Å²) in [7, 11) is 1.62. The van der Waals surface area contributed by atoms with E-state index in [1.165, 1.54) is 16.8 Å². The highest BCUT2D eigenvalue weighted by Gasteiger charge is 2.26. The molecule has 2 aromatic carbocycles. The van der Waals surface area contributed by atoms with Gasteiger partial charge in [0.15, 0.2) is 0 Å². The fourth-order valence-electron chi connectivity index (χ4n) is 3.45. The van der Waals surface area contributed by atoms with Crippen LogP contribution >= 0.6 is 0 Å². The van der Waals surface area contributed by atoms with Crippen LogP contribution in [0.5, 0.6) is 5.75 Å². The lowest BCUT2D eigenvalue weighted by Gasteiger charge is -2.37. The number of anilines is 1. The second kappa shape index (κ2) is 7.18. The molecule has 3 rings (SSSR count). The Hall–Kier alpha value is -2.49. The van der Waals surface area contributed by atoms with E-state index in [4.69, 9.17) is 4.74 Å². The standard InChI is InChI=1S/C21H26N2O2/c1-15-8-9-16(2)18(14-15)22-10-12-23(13-11-22)21(24)20-17(3)6-5-7-19(20)25-4/h5-9,14H,10-13H2,1-4H3. The van der Waals surface area contributed by atoms with E-state index in [0.29, 0.717) is 11.3 Å². The Balaban J connectivity index is 1.74. The Morgan fingerprint density at radius 3 is 2.36 bits per heavy atom. The molecule has 0 unspecified atom stereocenters. The van der Waals surface area contributed by atoms with Crippen molar-refractivity contribution < 1.29 is 9.53 Å². The fourth-order valence-corrected chi connectivity index (χ4v) is 3.45. The van der Waals surface area contributed by atoms with Crippen LogP contribution in [0.1, 0.15) is 27.0 Å². The lowest BCUT2D eigenvalue weighted by Crippen LogP contribution is -2.49. The summed E-state index contributed by atoms with van der Waals surface area (Å²) in [6.45, 7) is 9.38. The molecule has 0 aromatic heterocycles. The second-order valence-electron chi connectivity index (χ2n) is 6.72. The Morgan fingerprint density at radius 1 is 0.960 bits per heavy atom. The molecule has 0 atom stereocenters. The molecule has 25 heavy (non-hydrogen) atoms. The van der Waals surface area contributed by atoms with Gasteiger partial charge in [-0.3, -0.25) is 4.79 Å². The number of hydrogen-bond acceptors (Lipinski definition) is 3. The van der Waals surface area contributed by atoms with Gasteiger partial charge < -0.3 is 14.5 Å². The molecule has 0 N–H and O–H groups in total. The van der Waals surface area contributed by atoms with E-state index in [1.54, 1.807) is 7.11 Å². The van der Waals surface area contributed by atoms with Crippen molar-refractivity contribution in [2.75, 3.05) is 38.2 Å². The van der Waals surface area contributed by atoms with Crippen LogP contribution in [0.2, 0.25) is 0 Å². The predicted octanol–water partition coefficient (Wildman–Crippen LogP) is 3.58. The van der Waals surface area contributed by atoms with Crippen LogP contribution in [0.25, 0.3) is 0 Å². The number of hydrogen-bond donors (Lipinski definition) is 0. The third-order valence-corrected chi connectivity index (χ3v) is 4.94. The van der Waals surface area contributed by atoms with Crippen molar-refractivity contribution in [3.8, 4) is 5.75 Å². The van der Waals surface area contributed by atoms with Crippen molar-refractivity contribution in [2.45, 2.75) is 20.8 Å². The Kier molecular flexibility index (Phi) is 4.98. The minimum absolute atomic E-state index is 0.0653. The number of aryl methyl sites for hydroxylation is 3. The molecule has 1 aliphatic heterocycles. The molecule has 1 saturated heterocycles. The molecule has 132 valence electrons. The Bertz CT molecular complexity index is 777. The molecular formula is C21H26N2O2. The van der Waals surface area contributed by atoms with Crippen molar-refractivity contribution in [1.29, 1.82) is 0 Å². The van der Waals surface area contributed by atoms with Gasteiger partial charge in [0.2, 0.25) is 0 Å². The van der Waals surface area contributed by atoms with Crippen molar-refractivity contribution >= 4 is 11.6 Å². The zero-order valence-corrected chi connectivity index (χ0v) is 15.5. The summed E-state index contributed by atoms with van der Waals surface area (Å²) in [4.78, 5) is 17.3. The monoisotopic (exact) mass is 338 g/mol. The van der Waals surface area contributed by atoms with Crippen LogP contribution in [0.3, 0.4) is 0 Å². The van der Waals surface area contributed by atoms with Gasteiger partial charge in [-0.1, -0.05) is 24.3 Å².